The Morgan fingerprint density at radius 1 is 0.967 bits per heavy atom. The maximum atomic E-state index is 9.60. The van der Waals surface area contributed by atoms with Gasteiger partial charge in [-0.05, 0) is 66.1 Å². The number of nitriles is 2. The molecule has 0 saturated heterocycles. The van der Waals surface area contributed by atoms with Crippen molar-refractivity contribution < 1.29 is 9.47 Å². The molecule has 30 heavy (non-hydrogen) atoms. The molecule has 0 heterocycles. The number of halogens is 1. The minimum atomic E-state index is 0.424. The molecule has 0 spiro atoms. The molecule has 0 bridgehead atoms. The molecule has 0 fully saturated rings. The van der Waals surface area contributed by atoms with Crippen LogP contribution in [0.5, 0.6) is 11.5 Å². The van der Waals surface area contributed by atoms with Crippen molar-refractivity contribution in [3.8, 4) is 23.6 Å². The smallest absolute Gasteiger partial charge is 0.161 e. The second kappa shape index (κ2) is 10.3. The summed E-state index contributed by atoms with van der Waals surface area (Å²) in [7, 11) is 0. The molecular weight excluding hydrogens is 440 g/mol. The number of benzene rings is 3. The Morgan fingerprint density at radius 3 is 2.47 bits per heavy atom. The minimum Gasteiger partial charge on any atom is -0.490 e. The SMILES string of the molecule is CCOc1cc(/C=C(/C#N)c2cccc(C#N)c2)ccc1OCc1ccc(Br)cc1. The molecule has 0 unspecified atom stereocenters. The van der Waals surface area contributed by atoms with Gasteiger partial charge in [-0.15, -0.1) is 0 Å². The van der Waals surface area contributed by atoms with Crippen molar-refractivity contribution in [3.05, 3.63) is 93.5 Å². The van der Waals surface area contributed by atoms with E-state index >= 15 is 0 Å². The quantitative estimate of drug-likeness (QED) is 0.305. The summed E-state index contributed by atoms with van der Waals surface area (Å²) in [5, 5.41) is 18.7. The zero-order valence-corrected chi connectivity index (χ0v) is 18.0. The Balaban J connectivity index is 1.86. The Morgan fingerprint density at radius 2 is 1.77 bits per heavy atom. The molecule has 0 radical (unpaired) electrons. The van der Waals surface area contributed by atoms with E-state index in [9.17, 15) is 5.26 Å². The van der Waals surface area contributed by atoms with Crippen molar-refractivity contribution in [2.75, 3.05) is 6.61 Å². The molecule has 4 nitrogen and oxygen atoms in total. The largest absolute Gasteiger partial charge is 0.490 e. The van der Waals surface area contributed by atoms with Gasteiger partial charge >= 0.3 is 0 Å². The lowest BCUT2D eigenvalue weighted by Crippen LogP contribution is -2.00. The lowest BCUT2D eigenvalue weighted by molar-refractivity contribution is 0.269. The first-order chi connectivity index (χ1) is 14.6. The number of hydrogen-bond acceptors (Lipinski definition) is 4. The van der Waals surface area contributed by atoms with Gasteiger partial charge in [0.05, 0.1) is 29.9 Å². The predicted octanol–water partition coefficient (Wildman–Crippen LogP) is 6.36. The van der Waals surface area contributed by atoms with E-state index in [1.165, 1.54) is 0 Å². The standard InChI is InChI=1S/C25H19BrN2O2/c1-2-29-25-14-19(12-22(16-28)21-5-3-4-20(13-21)15-27)8-11-24(25)30-17-18-6-9-23(26)10-7-18/h3-14H,2,17H2,1H3/b22-12-. The number of rotatable bonds is 7. The summed E-state index contributed by atoms with van der Waals surface area (Å²) in [5.74, 6) is 1.26. The highest BCUT2D eigenvalue weighted by molar-refractivity contribution is 9.10. The second-order valence-corrected chi connectivity index (χ2v) is 7.33. The number of hydrogen-bond donors (Lipinski definition) is 0. The molecule has 0 amide bonds. The van der Waals surface area contributed by atoms with Crippen molar-refractivity contribution in [2.24, 2.45) is 0 Å². The van der Waals surface area contributed by atoms with Gasteiger partial charge in [0.1, 0.15) is 6.61 Å². The predicted molar refractivity (Wildman–Crippen MR) is 121 cm³/mol. The van der Waals surface area contributed by atoms with Gasteiger partial charge in [-0.2, -0.15) is 10.5 Å². The van der Waals surface area contributed by atoms with Gasteiger partial charge in [-0.3, -0.25) is 0 Å². The molecule has 0 atom stereocenters. The van der Waals surface area contributed by atoms with Crippen LogP contribution in [-0.4, -0.2) is 6.61 Å². The van der Waals surface area contributed by atoms with Gasteiger partial charge in [0.25, 0.3) is 0 Å². The van der Waals surface area contributed by atoms with Crippen LogP contribution in [0.4, 0.5) is 0 Å². The summed E-state index contributed by atoms with van der Waals surface area (Å²) in [4.78, 5) is 0. The molecule has 0 aliphatic rings. The van der Waals surface area contributed by atoms with E-state index in [0.29, 0.717) is 41.4 Å². The fourth-order valence-electron chi connectivity index (χ4n) is 2.85. The van der Waals surface area contributed by atoms with E-state index in [1.54, 1.807) is 24.3 Å². The zero-order chi connectivity index (χ0) is 21.3. The van der Waals surface area contributed by atoms with E-state index < -0.39 is 0 Å². The average molecular weight is 459 g/mol. The van der Waals surface area contributed by atoms with Crippen LogP contribution in [0.2, 0.25) is 0 Å². The number of nitrogens with zero attached hydrogens (tertiary/aromatic N) is 2. The van der Waals surface area contributed by atoms with Crippen LogP contribution in [0.1, 0.15) is 29.2 Å². The van der Waals surface area contributed by atoms with Crippen molar-refractivity contribution in [1.82, 2.24) is 0 Å². The maximum Gasteiger partial charge on any atom is 0.161 e. The fraction of sp³-hybridized carbons (Fsp3) is 0.120. The van der Waals surface area contributed by atoms with Gasteiger partial charge in [-0.1, -0.05) is 46.3 Å². The van der Waals surface area contributed by atoms with E-state index in [2.05, 4.69) is 28.1 Å². The first-order valence-corrected chi connectivity index (χ1v) is 10.2. The van der Waals surface area contributed by atoms with Crippen LogP contribution in [0, 0.1) is 22.7 Å². The fourth-order valence-corrected chi connectivity index (χ4v) is 3.11. The highest BCUT2D eigenvalue weighted by Gasteiger charge is 2.08. The maximum absolute atomic E-state index is 9.60. The molecule has 3 aromatic carbocycles. The third-order valence-electron chi connectivity index (χ3n) is 4.31. The summed E-state index contributed by atoms with van der Waals surface area (Å²) in [6.07, 6.45) is 1.78. The molecule has 0 aromatic heterocycles. The van der Waals surface area contributed by atoms with Gasteiger partial charge in [0, 0.05) is 4.47 Å². The number of ether oxygens (including phenoxy) is 2. The third-order valence-corrected chi connectivity index (χ3v) is 4.84. The summed E-state index contributed by atoms with van der Waals surface area (Å²) in [6.45, 7) is 2.83. The minimum absolute atomic E-state index is 0.424. The van der Waals surface area contributed by atoms with Crippen molar-refractivity contribution in [1.29, 1.82) is 10.5 Å². The molecule has 0 N–H and O–H groups in total. The van der Waals surface area contributed by atoms with Crippen LogP contribution in [0.25, 0.3) is 11.6 Å². The van der Waals surface area contributed by atoms with Crippen LogP contribution >= 0.6 is 15.9 Å². The lowest BCUT2D eigenvalue weighted by atomic mass is 10.0. The highest BCUT2D eigenvalue weighted by atomic mass is 79.9. The number of allylic oxidation sites excluding steroid dienone is 1. The van der Waals surface area contributed by atoms with Gasteiger partial charge in [-0.25, -0.2) is 0 Å². The van der Waals surface area contributed by atoms with Crippen LogP contribution in [0.15, 0.2) is 71.2 Å². The van der Waals surface area contributed by atoms with Crippen LogP contribution < -0.4 is 9.47 Å². The van der Waals surface area contributed by atoms with Crippen molar-refractivity contribution in [2.45, 2.75) is 13.5 Å². The molecule has 5 heteroatoms. The van der Waals surface area contributed by atoms with Gasteiger partial charge < -0.3 is 9.47 Å². The lowest BCUT2D eigenvalue weighted by Gasteiger charge is -2.13. The molecule has 0 aliphatic heterocycles. The van der Waals surface area contributed by atoms with Gasteiger partial charge in [0.2, 0.25) is 0 Å². The van der Waals surface area contributed by atoms with E-state index in [-0.39, 0.29) is 0 Å². The van der Waals surface area contributed by atoms with Crippen LogP contribution in [-0.2, 0) is 6.61 Å². The topological polar surface area (TPSA) is 66.0 Å². The Labute approximate surface area is 184 Å². The Kier molecular flexibility index (Phi) is 7.27. The van der Waals surface area contributed by atoms with E-state index in [4.69, 9.17) is 14.7 Å². The molecule has 148 valence electrons. The third kappa shape index (κ3) is 5.50. The normalized spacial score (nSPS) is 10.7. The van der Waals surface area contributed by atoms with Crippen LogP contribution in [0.3, 0.4) is 0 Å². The Hall–Kier alpha value is -3.54. The average Bonchev–Trinajstić information content (AvgIpc) is 2.78. The first kappa shape index (κ1) is 21.2. The summed E-state index contributed by atoms with van der Waals surface area (Å²) in [5.41, 5.74) is 3.55. The summed E-state index contributed by atoms with van der Waals surface area (Å²) < 4.78 is 12.7. The monoisotopic (exact) mass is 458 g/mol. The first-order valence-electron chi connectivity index (χ1n) is 9.39. The molecule has 3 rings (SSSR count). The van der Waals surface area contributed by atoms with Crippen molar-refractivity contribution >= 4 is 27.6 Å². The summed E-state index contributed by atoms with van der Waals surface area (Å²) in [6, 6.07) is 24.8. The highest BCUT2D eigenvalue weighted by Crippen LogP contribution is 2.31. The second-order valence-electron chi connectivity index (χ2n) is 6.42. The Bertz CT molecular complexity index is 1140. The summed E-state index contributed by atoms with van der Waals surface area (Å²) >= 11 is 3.43. The molecule has 3 aromatic rings. The molecule has 0 aliphatic carbocycles. The molecule has 0 saturated carbocycles. The van der Waals surface area contributed by atoms with E-state index in [1.807, 2.05) is 55.5 Å². The molecular formula is C25H19BrN2O2. The van der Waals surface area contributed by atoms with Gasteiger partial charge in [0.15, 0.2) is 11.5 Å². The van der Waals surface area contributed by atoms with E-state index in [0.717, 1.165) is 15.6 Å². The van der Waals surface area contributed by atoms with Crippen molar-refractivity contribution in [3.63, 3.8) is 0 Å². The zero-order valence-electron chi connectivity index (χ0n) is 16.4.